The van der Waals surface area contributed by atoms with E-state index >= 15 is 0 Å². The van der Waals surface area contributed by atoms with E-state index in [1.54, 1.807) is 0 Å². The minimum atomic E-state index is -0.811. The van der Waals surface area contributed by atoms with Crippen LogP contribution >= 0.6 is 0 Å². The van der Waals surface area contributed by atoms with Crippen LogP contribution in [0.5, 0.6) is 0 Å². The van der Waals surface area contributed by atoms with E-state index in [0.717, 1.165) is 43.4 Å². The molecule has 36 heavy (non-hydrogen) atoms. The van der Waals surface area contributed by atoms with Gasteiger partial charge in [0.1, 0.15) is 6.10 Å². The molecule has 0 aromatic carbocycles. The van der Waals surface area contributed by atoms with Crippen molar-refractivity contribution < 1.29 is 29.3 Å². The van der Waals surface area contributed by atoms with Crippen LogP contribution in [0, 0.1) is 46.3 Å². The van der Waals surface area contributed by atoms with Crippen LogP contribution in [0.3, 0.4) is 0 Å². The number of carboxylic acids is 2. The Hall–Kier alpha value is -1.59. The van der Waals surface area contributed by atoms with Crippen molar-refractivity contribution in [1.29, 1.82) is 0 Å². The number of rotatable bonds is 10. The minimum absolute atomic E-state index is 0.0198. The van der Waals surface area contributed by atoms with Gasteiger partial charge in [-0.05, 0) is 123 Å². The van der Waals surface area contributed by atoms with Crippen molar-refractivity contribution in [3.63, 3.8) is 0 Å². The number of ether oxygens (including phenoxy) is 1. The number of carbonyl (C=O) groups is 3. The summed E-state index contributed by atoms with van der Waals surface area (Å²) in [5.74, 6) is 2.43. The zero-order chi connectivity index (χ0) is 26.1. The molecule has 2 N–H and O–H groups in total. The summed E-state index contributed by atoms with van der Waals surface area (Å²) in [5, 5.41) is 17.9. The second-order valence-electron chi connectivity index (χ2n) is 13.3. The maximum atomic E-state index is 12.4. The molecule has 6 heteroatoms. The van der Waals surface area contributed by atoms with E-state index in [4.69, 9.17) is 9.84 Å². The third-order valence-corrected chi connectivity index (χ3v) is 11.5. The Balaban J connectivity index is 1.33. The molecule has 4 rings (SSSR count). The topological polar surface area (TPSA) is 101 Å². The lowest BCUT2D eigenvalue weighted by molar-refractivity contribution is -0.163. The lowest BCUT2D eigenvalue weighted by atomic mass is 9.44. The lowest BCUT2D eigenvalue weighted by Gasteiger charge is -2.61. The highest BCUT2D eigenvalue weighted by molar-refractivity contribution is 5.70. The summed E-state index contributed by atoms with van der Waals surface area (Å²) >= 11 is 0. The van der Waals surface area contributed by atoms with Crippen LogP contribution in [0.2, 0.25) is 0 Å². The Kier molecular flexibility index (Phi) is 8.41. The molecule has 0 unspecified atom stereocenters. The van der Waals surface area contributed by atoms with Crippen molar-refractivity contribution >= 4 is 17.9 Å². The van der Waals surface area contributed by atoms with Gasteiger partial charge < -0.3 is 14.9 Å². The number of fused-ring (bicyclic) bond motifs is 5. The number of hydrogen-bond donors (Lipinski definition) is 2. The molecule has 0 aromatic heterocycles. The number of carbonyl (C=O) groups excluding carboxylic acids is 1. The maximum absolute atomic E-state index is 12.4. The largest absolute Gasteiger partial charge is 0.481 e. The van der Waals surface area contributed by atoms with E-state index in [9.17, 15) is 19.5 Å². The molecule has 204 valence electrons. The first kappa shape index (κ1) is 27.4. The summed E-state index contributed by atoms with van der Waals surface area (Å²) in [6, 6.07) is 0. The van der Waals surface area contributed by atoms with Crippen molar-refractivity contribution in [3.8, 4) is 0 Å². The summed E-state index contributed by atoms with van der Waals surface area (Å²) in [5.41, 5.74) is 0.692. The molecule has 6 nitrogen and oxygen atoms in total. The molecule has 0 bridgehead atoms. The highest BCUT2D eigenvalue weighted by atomic mass is 16.5. The van der Waals surface area contributed by atoms with Gasteiger partial charge in [0.15, 0.2) is 0 Å². The van der Waals surface area contributed by atoms with Crippen LogP contribution in [-0.4, -0.2) is 34.2 Å². The Bertz CT molecular complexity index is 824. The van der Waals surface area contributed by atoms with E-state index in [2.05, 4.69) is 20.8 Å². The van der Waals surface area contributed by atoms with Crippen molar-refractivity contribution in [3.05, 3.63) is 0 Å². The standard InChI is InChI=1S/C30H48O6/c1-19(8-13-27(33)34)23-11-12-24-22-10-9-20-18-21(36-28(35)7-5-4-6-26(31)32)14-16-29(20,2)25(22)15-17-30(23,24)3/h19-25H,4-18H2,1-3H3,(H,31,32)(H,33,34)/t19-,20-,21-,22+,23-,24+,25+,29+,30-/m1/s1. The molecule has 4 aliphatic rings. The Morgan fingerprint density at radius 2 is 1.50 bits per heavy atom. The SMILES string of the molecule is C[C@H](CCC(=O)O)[C@H]1CC[C@H]2[C@@H]3CC[C@@H]4C[C@H](OC(=O)CCCCC(=O)O)CC[C@]4(C)[C@H]3CC[C@]12C. The zero-order valence-electron chi connectivity index (χ0n) is 22.7. The van der Waals surface area contributed by atoms with E-state index in [1.165, 1.54) is 38.5 Å². The number of unbranched alkanes of at least 4 members (excludes halogenated alkanes) is 1. The van der Waals surface area contributed by atoms with E-state index in [0.29, 0.717) is 47.8 Å². The van der Waals surface area contributed by atoms with E-state index in [1.807, 2.05) is 0 Å². The number of carboxylic acid groups (broad SMARTS) is 2. The Labute approximate surface area is 216 Å². The summed E-state index contributed by atoms with van der Waals surface area (Å²) in [6.45, 7) is 7.35. The second-order valence-corrected chi connectivity index (χ2v) is 13.3. The predicted molar refractivity (Wildman–Crippen MR) is 137 cm³/mol. The van der Waals surface area contributed by atoms with Crippen molar-refractivity contribution in [2.75, 3.05) is 0 Å². The van der Waals surface area contributed by atoms with Crippen LogP contribution in [0.1, 0.15) is 117 Å². The molecule has 0 aliphatic heterocycles. The normalized spacial score (nSPS) is 40.4. The van der Waals surface area contributed by atoms with Gasteiger partial charge in [-0.2, -0.15) is 0 Å². The van der Waals surface area contributed by atoms with Crippen LogP contribution < -0.4 is 0 Å². The van der Waals surface area contributed by atoms with Crippen LogP contribution in [-0.2, 0) is 19.1 Å². The first-order valence-corrected chi connectivity index (χ1v) is 14.7. The van der Waals surface area contributed by atoms with Crippen molar-refractivity contribution in [1.82, 2.24) is 0 Å². The Morgan fingerprint density at radius 1 is 0.833 bits per heavy atom. The number of hydrogen-bond acceptors (Lipinski definition) is 4. The molecule has 0 amide bonds. The smallest absolute Gasteiger partial charge is 0.306 e. The van der Waals surface area contributed by atoms with Gasteiger partial charge in [-0.15, -0.1) is 0 Å². The van der Waals surface area contributed by atoms with Crippen LogP contribution in [0.15, 0.2) is 0 Å². The summed E-state index contributed by atoms with van der Waals surface area (Å²) in [7, 11) is 0. The van der Waals surface area contributed by atoms with Gasteiger partial charge in [0.2, 0.25) is 0 Å². The molecule has 9 atom stereocenters. The Morgan fingerprint density at radius 3 is 2.22 bits per heavy atom. The quantitative estimate of drug-likeness (QED) is 0.253. The van der Waals surface area contributed by atoms with Crippen LogP contribution in [0.4, 0.5) is 0 Å². The summed E-state index contributed by atoms with van der Waals surface area (Å²) in [6.07, 6.45) is 13.4. The maximum Gasteiger partial charge on any atom is 0.306 e. The molecule has 4 aliphatic carbocycles. The molecule has 0 aromatic rings. The molecule has 0 heterocycles. The van der Waals surface area contributed by atoms with Crippen LogP contribution in [0.25, 0.3) is 0 Å². The molecule has 0 saturated heterocycles. The molecule has 0 spiro atoms. The highest BCUT2D eigenvalue weighted by Crippen LogP contribution is 2.68. The van der Waals surface area contributed by atoms with Gasteiger partial charge in [0.25, 0.3) is 0 Å². The number of esters is 1. The predicted octanol–water partition coefficient (Wildman–Crippen LogP) is 6.70. The minimum Gasteiger partial charge on any atom is -0.481 e. The third-order valence-electron chi connectivity index (χ3n) is 11.5. The van der Waals surface area contributed by atoms with Gasteiger partial charge in [-0.1, -0.05) is 20.8 Å². The fourth-order valence-electron chi connectivity index (χ4n) is 9.64. The molecule has 4 saturated carbocycles. The molecular weight excluding hydrogens is 456 g/mol. The first-order chi connectivity index (χ1) is 17.0. The average molecular weight is 505 g/mol. The second kappa shape index (κ2) is 11.0. The molecule has 0 radical (unpaired) electrons. The van der Waals surface area contributed by atoms with Crippen molar-refractivity contribution in [2.45, 2.75) is 123 Å². The number of aliphatic carboxylic acids is 2. The van der Waals surface area contributed by atoms with Gasteiger partial charge in [-0.25, -0.2) is 0 Å². The van der Waals surface area contributed by atoms with E-state index in [-0.39, 0.29) is 24.9 Å². The fourth-order valence-corrected chi connectivity index (χ4v) is 9.64. The van der Waals surface area contributed by atoms with Gasteiger partial charge in [0, 0.05) is 19.3 Å². The van der Waals surface area contributed by atoms with Gasteiger partial charge >= 0.3 is 17.9 Å². The molecule has 4 fully saturated rings. The lowest BCUT2D eigenvalue weighted by Crippen LogP contribution is -2.54. The zero-order valence-corrected chi connectivity index (χ0v) is 22.7. The summed E-state index contributed by atoms with van der Waals surface area (Å²) < 4.78 is 5.87. The van der Waals surface area contributed by atoms with Crippen molar-refractivity contribution in [2.24, 2.45) is 46.3 Å². The fraction of sp³-hybridized carbons (Fsp3) is 0.900. The highest BCUT2D eigenvalue weighted by Gasteiger charge is 2.60. The third kappa shape index (κ3) is 5.48. The van der Waals surface area contributed by atoms with E-state index < -0.39 is 11.9 Å². The summed E-state index contributed by atoms with van der Waals surface area (Å²) in [4.78, 5) is 34.2. The molecular formula is C30H48O6. The first-order valence-electron chi connectivity index (χ1n) is 14.7. The van der Waals surface area contributed by atoms with Gasteiger partial charge in [-0.3, -0.25) is 14.4 Å². The van der Waals surface area contributed by atoms with Gasteiger partial charge in [0.05, 0.1) is 0 Å². The monoisotopic (exact) mass is 504 g/mol. The average Bonchev–Trinajstić information content (AvgIpc) is 3.17.